The first kappa shape index (κ1) is 18.8. The maximum Gasteiger partial charge on any atom is 0.0701 e. The minimum Gasteiger partial charge on any atom is -0.379 e. The van der Waals surface area contributed by atoms with Crippen LogP contribution in [0.1, 0.15) is 32.6 Å². The summed E-state index contributed by atoms with van der Waals surface area (Å²) in [6, 6.07) is 0.709. The van der Waals surface area contributed by atoms with Crippen LogP contribution in [0.2, 0.25) is 0 Å². The van der Waals surface area contributed by atoms with Gasteiger partial charge in [-0.1, -0.05) is 13.3 Å². The Morgan fingerprint density at radius 3 is 2.29 bits per heavy atom. The molecule has 0 bridgehead atoms. The second-order valence-corrected chi connectivity index (χ2v) is 5.67. The van der Waals surface area contributed by atoms with Gasteiger partial charge in [-0.25, -0.2) is 0 Å². The largest absolute Gasteiger partial charge is 0.379 e. The maximum absolute atomic E-state index is 5.53. The molecule has 0 radical (unpaired) electrons. The quantitative estimate of drug-likeness (QED) is 0.493. The molecule has 1 aliphatic heterocycles. The molecule has 0 aromatic heterocycles. The highest BCUT2D eigenvalue weighted by atomic mass is 16.5. The van der Waals surface area contributed by atoms with Crippen LogP contribution in [0.25, 0.3) is 0 Å². The average Bonchev–Trinajstić information content (AvgIpc) is 2.89. The van der Waals surface area contributed by atoms with Crippen LogP contribution in [0, 0.1) is 0 Å². The molecule has 1 aliphatic rings. The minimum atomic E-state index is 0.655. The van der Waals surface area contributed by atoms with Crippen LogP contribution >= 0.6 is 0 Å². The van der Waals surface area contributed by atoms with Crippen molar-refractivity contribution >= 4 is 0 Å². The zero-order chi connectivity index (χ0) is 15.2. The van der Waals surface area contributed by atoms with E-state index in [4.69, 9.17) is 14.2 Å². The van der Waals surface area contributed by atoms with E-state index in [9.17, 15) is 0 Å². The fourth-order valence-electron chi connectivity index (χ4n) is 2.44. The highest BCUT2D eigenvalue weighted by Crippen LogP contribution is 2.13. The van der Waals surface area contributed by atoms with Crippen molar-refractivity contribution in [1.82, 2.24) is 10.2 Å². The zero-order valence-corrected chi connectivity index (χ0v) is 13.9. The molecule has 126 valence electrons. The lowest BCUT2D eigenvalue weighted by Gasteiger charge is -2.19. The Kier molecular flexibility index (Phi) is 12.1. The van der Waals surface area contributed by atoms with Crippen molar-refractivity contribution in [1.29, 1.82) is 0 Å². The number of hydrogen-bond donors (Lipinski definition) is 1. The third kappa shape index (κ3) is 10.2. The summed E-state index contributed by atoms with van der Waals surface area (Å²) in [6.45, 7) is 9.68. The summed E-state index contributed by atoms with van der Waals surface area (Å²) >= 11 is 0. The maximum atomic E-state index is 5.53. The lowest BCUT2D eigenvalue weighted by molar-refractivity contribution is 0.0145. The molecule has 1 unspecified atom stereocenters. The van der Waals surface area contributed by atoms with Gasteiger partial charge in [0, 0.05) is 25.7 Å². The van der Waals surface area contributed by atoms with Crippen LogP contribution in [0.15, 0.2) is 0 Å². The molecule has 0 spiro atoms. The molecule has 1 atom stereocenters. The SMILES string of the molecule is CCCCOCCOCCOCCNCC1CCCN1C. The van der Waals surface area contributed by atoms with E-state index in [0.717, 1.165) is 32.7 Å². The number of likely N-dealkylation sites (N-methyl/N-ethyl adjacent to an activating group) is 1. The summed E-state index contributed by atoms with van der Waals surface area (Å²) in [5, 5.41) is 3.46. The molecule has 1 fully saturated rings. The lowest BCUT2D eigenvalue weighted by Crippen LogP contribution is -2.36. The number of likely N-dealkylation sites (tertiary alicyclic amines) is 1. The summed E-state index contributed by atoms with van der Waals surface area (Å²) in [5.41, 5.74) is 0. The van der Waals surface area contributed by atoms with Crippen LogP contribution in [-0.4, -0.2) is 77.3 Å². The third-order valence-electron chi connectivity index (χ3n) is 3.86. The summed E-state index contributed by atoms with van der Waals surface area (Å²) in [5.74, 6) is 0. The topological polar surface area (TPSA) is 43.0 Å². The Morgan fingerprint density at radius 2 is 1.67 bits per heavy atom. The first-order valence-corrected chi connectivity index (χ1v) is 8.48. The molecule has 5 heteroatoms. The van der Waals surface area contributed by atoms with Crippen molar-refractivity contribution in [2.45, 2.75) is 38.6 Å². The standard InChI is InChI=1S/C16H34N2O3/c1-3-4-9-19-11-13-21-14-12-20-10-7-17-15-16-6-5-8-18(16)2/h16-17H,3-15H2,1-2H3. The highest BCUT2D eigenvalue weighted by Gasteiger charge is 2.19. The number of hydrogen-bond acceptors (Lipinski definition) is 5. The van der Waals surface area contributed by atoms with Gasteiger partial charge in [-0.05, 0) is 32.9 Å². The zero-order valence-electron chi connectivity index (χ0n) is 13.9. The number of nitrogens with zero attached hydrogens (tertiary/aromatic N) is 1. The van der Waals surface area contributed by atoms with Gasteiger partial charge in [0.1, 0.15) is 0 Å². The first-order chi connectivity index (χ1) is 10.3. The second kappa shape index (κ2) is 13.5. The van der Waals surface area contributed by atoms with Crippen LogP contribution < -0.4 is 5.32 Å². The molecule has 0 amide bonds. The number of ether oxygens (including phenoxy) is 3. The molecule has 0 aromatic rings. The van der Waals surface area contributed by atoms with E-state index in [1.807, 2.05) is 0 Å². The lowest BCUT2D eigenvalue weighted by atomic mass is 10.2. The molecule has 5 nitrogen and oxygen atoms in total. The van der Waals surface area contributed by atoms with E-state index in [-0.39, 0.29) is 0 Å². The van der Waals surface area contributed by atoms with Gasteiger partial charge in [-0.2, -0.15) is 0 Å². The molecular weight excluding hydrogens is 268 g/mol. The van der Waals surface area contributed by atoms with E-state index in [0.29, 0.717) is 32.5 Å². The second-order valence-electron chi connectivity index (χ2n) is 5.67. The van der Waals surface area contributed by atoms with Crippen molar-refractivity contribution in [3.05, 3.63) is 0 Å². The monoisotopic (exact) mass is 302 g/mol. The van der Waals surface area contributed by atoms with Crippen molar-refractivity contribution < 1.29 is 14.2 Å². The van der Waals surface area contributed by atoms with Crippen molar-refractivity contribution in [3.8, 4) is 0 Å². The Labute approximate surface area is 130 Å². The Morgan fingerprint density at radius 1 is 1.00 bits per heavy atom. The van der Waals surface area contributed by atoms with E-state index < -0.39 is 0 Å². The van der Waals surface area contributed by atoms with Gasteiger partial charge in [-0.15, -0.1) is 0 Å². The summed E-state index contributed by atoms with van der Waals surface area (Å²) in [6.07, 6.45) is 4.96. The average molecular weight is 302 g/mol. The van der Waals surface area contributed by atoms with Crippen LogP contribution in [0.5, 0.6) is 0 Å². The molecule has 0 saturated carbocycles. The van der Waals surface area contributed by atoms with Crippen LogP contribution in [0.3, 0.4) is 0 Å². The van der Waals surface area contributed by atoms with Crippen molar-refractivity contribution in [3.63, 3.8) is 0 Å². The molecule has 0 aromatic carbocycles. The van der Waals surface area contributed by atoms with Crippen molar-refractivity contribution in [2.75, 3.05) is 66.3 Å². The number of nitrogens with one attached hydrogen (secondary N) is 1. The first-order valence-electron chi connectivity index (χ1n) is 8.48. The summed E-state index contributed by atoms with van der Waals surface area (Å²) < 4.78 is 16.4. The smallest absolute Gasteiger partial charge is 0.0701 e. The van der Waals surface area contributed by atoms with E-state index in [1.165, 1.54) is 25.8 Å². The number of rotatable bonds is 14. The van der Waals surface area contributed by atoms with Gasteiger partial charge in [-0.3, -0.25) is 0 Å². The summed E-state index contributed by atoms with van der Waals surface area (Å²) in [7, 11) is 2.21. The van der Waals surface area contributed by atoms with Gasteiger partial charge in [0.2, 0.25) is 0 Å². The molecule has 1 saturated heterocycles. The Bertz CT molecular complexity index is 230. The molecule has 0 aliphatic carbocycles. The Balaban J connectivity index is 1.71. The van der Waals surface area contributed by atoms with Gasteiger partial charge in [0.15, 0.2) is 0 Å². The van der Waals surface area contributed by atoms with Gasteiger partial charge >= 0.3 is 0 Å². The molecule has 1 N–H and O–H groups in total. The fourth-order valence-corrected chi connectivity index (χ4v) is 2.44. The third-order valence-corrected chi connectivity index (χ3v) is 3.86. The normalized spacial score (nSPS) is 19.4. The molecule has 1 rings (SSSR count). The van der Waals surface area contributed by atoms with E-state index >= 15 is 0 Å². The predicted octanol–water partition coefficient (Wildman–Crippen LogP) is 1.52. The van der Waals surface area contributed by atoms with Crippen LogP contribution in [-0.2, 0) is 14.2 Å². The molecule has 21 heavy (non-hydrogen) atoms. The predicted molar refractivity (Wildman–Crippen MR) is 85.9 cm³/mol. The van der Waals surface area contributed by atoms with Gasteiger partial charge in [0.05, 0.1) is 33.0 Å². The van der Waals surface area contributed by atoms with Gasteiger partial charge in [0.25, 0.3) is 0 Å². The molecule has 1 heterocycles. The van der Waals surface area contributed by atoms with Crippen molar-refractivity contribution in [2.24, 2.45) is 0 Å². The Hall–Kier alpha value is -0.200. The highest BCUT2D eigenvalue weighted by molar-refractivity contribution is 4.77. The van der Waals surface area contributed by atoms with E-state index in [2.05, 4.69) is 24.2 Å². The number of unbranched alkanes of at least 4 members (excludes halogenated alkanes) is 1. The van der Waals surface area contributed by atoms with Crippen LogP contribution in [0.4, 0.5) is 0 Å². The molecular formula is C16H34N2O3. The van der Waals surface area contributed by atoms with E-state index in [1.54, 1.807) is 0 Å². The van der Waals surface area contributed by atoms with Gasteiger partial charge < -0.3 is 24.4 Å². The minimum absolute atomic E-state index is 0.655. The summed E-state index contributed by atoms with van der Waals surface area (Å²) in [4.78, 5) is 2.43. The fraction of sp³-hybridized carbons (Fsp3) is 1.00.